The van der Waals surface area contributed by atoms with Crippen LogP contribution < -0.4 is 0 Å². The van der Waals surface area contributed by atoms with Gasteiger partial charge in [-0.25, -0.2) is 0 Å². The molecule has 0 aromatic carbocycles. The van der Waals surface area contributed by atoms with Crippen LogP contribution in [-0.2, 0) is 23.8 Å². The Morgan fingerprint density at radius 1 is 0.300 bits per heavy atom. The van der Waals surface area contributed by atoms with Crippen LogP contribution in [0.25, 0.3) is 0 Å². The average Bonchev–Trinajstić information content (AvgIpc) is 3.36. The summed E-state index contributed by atoms with van der Waals surface area (Å²) in [6, 6.07) is 0. The molecule has 0 saturated carbocycles. The van der Waals surface area contributed by atoms with Crippen molar-refractivity contribution < 1.29 is 23.8 Å². The van der Waals surface area contributed by atoms with E-state index in [2.05, 4.69) is 57.2 Å². The van der Waals surface area contributed by atoms with Crippen molar-refractivity contribution in [3.05, 3.63) is 36.5 Å². The second kappa shape index (κ2) is 61.4. The van der Waals surface area contributed by atoms with Crippen LogP contribution in [0.4, 0.5) is 0 Å². The van der Waals surface area contributed by atoms with E-state index in [1.54, 1.807) is 0 Å². The van der Waals surface area contributed by atoms with Gasteiger partial charge < -0.3 is 14.2 Å². The fourth-order valence-electron chi connectivity index (χ4n) is 9.40. The molecule has 0 aromatic rings. The molecule has 0 amide bonds. The monoisotopic (exact) mass is 983 g/mol. The first kappa shape index (κ1) is 68.1. The molecule has 0 bridgehead atoms. The number of esters is 2. The summed E-state index contributed by atoms with van der Waals surface area (Å²) in [6.07, 6.45) is 76.3. The molecular formula is C65H122O5. The third kappa shape index (κ3) is 58.7. The zero-order chi connectivity index (χ0) is 50.6. The number of hydrogen-bond acceptors (Lipinski definition) is 5. The highest BCUT2D eigenvalue weighted by Crippen LogP contribution is 2.17. The van der Waals surface area contributed by atoms with Crippen molar-refractivity contribution in [1.29, 1.82) is 0 Å². The van der Waals surface area contributed by atoms with Gasteiger partial charge in [-0.3, -0.25) is 9.59 Å². The Hall–Kier alpha value is -1.88. The first-order valence-corrected chi connectivity index (χ1v) is 31.5. The average molecular weight is 984 g/mol. The van der Waals surface area contributed by atoms with Crippen LogP contribution >= 0.6 is 0 Å². The van der Waals surface area contributed by atoms with Crippen molar-refractivity contribution in [2.75, 3.05) is 19.8 Å². The van der Waals surface area contributed by atoms with Gasteiger partial charge in [-0.2, -0.15) is 0 Å². The second-order valence-electron chi connectivity index (χ2n) is 21.3. The molecule has 0 aliphatic rings. The van der Waals surface area contributed by atoms with Crippen LogP contribution in [0.15, 0.2) is 36.5 Å². The molecule has 0 fully saturated rings. The lowest BCUT2D eigenvalue weighted by molar-refractivity contribution is -0.155. The van der Waals surface area contributed by atoms with Crippen molar-refractivity contribution in [2.24, 2.45) is 0 Å². The predicted molar refractivity (Wildman–Crippen MR) is 307 cm³/mol. The van der Waals surface area contributed by atoms with E-state index in [4.69, 9.17) is 14.2 Å². The Morgan fingerprint density at radius 3 is 0.871 bits per heavy atom. The summed E-state index contributed by atoms with van der Waals surface area (Å²) < 4.78 is 17.6. The largest absolute Gasteiger partial charge is 0.463 e. The number of unbranched alkanes of at least 4 members (excludes halogenated alkanes) is 42. The van der Waals surface area contributed by atoms with Gasteiger partial charge in [0, 0.05) is 19.4 Å². The second-order valence-corrected chi connectivity index (χ2v) is 21.3. The minimum Gasteiger partial charge on any atom is -0.463 e. The summed E-state index contributed by atoms with van der Waals surface area (Å²) in [5.41, 5.74) is 0. The third-order valence-corrected chi connectivity index (χ3v) is 14.2. The summed E-state index contributed by atoms with van der Waals surface area (Å²) in [5, 5.41) is 0. The van der Waals surface area contributed by atoms with Gasteiger partial charge in [0.1, 0.15) is 19.3 Å². The van der Waals surface area contributed by atoms with E-state index in [-0.39, 0.29) is 25.2 Å². The van der Waals surface area contributed by atoms with E-state index in [1.807, 2.05) is 0 Å². The lowest BCUT2D eigenvalue weighted by Crippen LogP contribution is -2.29. The maximum atomic E-state index is 12.7. The van der Waals surface area contributed by atoms with Crippen LogP contribution in [0.5, 0.6) is 0 Å². The van der Waals surface area contributed by atoms with Gasteiger partial charge in [-0.05, 0) is 77.0 Å². The van der Waals surface area contributed by atoms with E-state index in [0.717, 1.165) is 44.9 Å². The van der Waals surface area contributed by atoms with Gasteiger partial charge >= 0.3 is 11.9 Å². The lowest BCUT2D eigenvalue weighted by atomic mass is 10.0. The summed E-state index contributed by atoms with van der Waals surface area (Å²) in [7, 11) is 0. The van der Waals surface area contributed by atoms with Gasteiger partial charge in [0.05, 0.1) is 0 Å². The highest BCUT2D eigenvalue weighted by molar-refractivity contribution is 5.69. The molecule has 1 atom stereocenters. The minimum absolute atomic E-state index is 0.158. The zero-order valence-corrected chi connectivity index (χ0v) is 47.6. The summed E-state index contributed by atoms with van der Waals surface area (Å²) in [6.45, 7) is 7.76. The first-order valence-electron chi connectivity index (χ1n) is 31.5. The maximum absolute atomic E-state index is 12.7. The van der Waals surface area contributed by atoms with Gasteiger partial charge in [0.25, 0.3) is 0 Å². The molecule has 0 aromatic heterocycles. The summed E-state index contributed by atoms with van der Waals surface area (Å²) in [5.74, 6) is -0.324. The van der Waals surface area contributed by atoms with Gasteiger partial charge in [0.2, 0.25) is 0 Å². The van der Waals surface area contributed by atoms with E-state index < -0.39 is 6.10 Å². The SMILES string of the molecule is CCCCC/C=C\C/C=C\CCCCCCCCCC(=O)OC[C@H](COC(=O)CCCCCCCCCCCCC/C=C\CCCCCCCC)OCCCCCCCCCCCCCCCCCC. The molecule has 0 saturated heterocycles. The fraction of sp³-hybridized carbons (Fsp3) is 0.877. The molecule has 5 nitrogen and oxygen atoms in total. The number of ether oxygens (including phenoxy) is 3. The van der Waals surface area contributed by atoms with E-state index in [1.165, 1.54) is 263 Å². The van der Waals surface area contributed by atoms with Crippen LogP contribution in [-0.4, -0.2) is 37.9 Å². The number of hydrogen-bond donors (Lipinski definition) is 0. The van der Waals surface area contributed by atoms with E-state index >= 15 is 0 Å². The number of carbonyl (C=O) groups excluding carboxylic acids is 2. The van der Waals surface area contributed by atoms with Crippen LogP contribution in [0.2, 0.25) is 0 Å². The summed E-state index contributed by atoms with van der Waals surface area (Å²) in [4.78, 5) is 25.4. The van der Waals surface area contributed by atoms with Crippen LogP contribution in [0.3, 0.4) is 0 Å². The third-order valence-electron chi connectivity index (χ3n) is 14.2. The molecular weight excluding hydrogens is 861 g/mol. The van der Waals surface area contributed by atoms with Crippen LogP contribution in [0.1, 0.15) is 342 Å². The van der Waals surface area contributed by atoms with Crippen molar-refractivity contribution >= 4 is 11.9 Å². The molecule has 0 spiro atoms. The highest BCUT2D eigenvalue weighted by Gasteiger charge is 2.16. The van der Waals surface area contributed by atoms with Crippen LogP contribution in [0, 0.1) is 0 Å². The Bertz CT molecular complexity index is 1110. The highest BCUT2D eigenvalue weighted by atomic mass is 16.6. The molecule has 0 aliphatic heterocycles. The quantitative estimate of drug-likeness (QED) is 0.0345. The van der Waals surface area contributed by atoms with E-state index in [9.17, 15) is 9.59 Å². The smallest absolute Gasteiger partial charge is 0.305 e. The Kier molecular flexibility index (Phi) is 59.8. The Morgan fingerprint density at radius 2 is 0.543 bits per heavy atom. The molecule has 0 heterocycles. The minimum atomic E-state index is -0.400. The molecule has 0 aliphatic carbocycles. The number of allylic oxidation sites excluding steroid dienone is 6. The topological polar surface area (TPSA) is 61.8 Å². The molecule has 0 N–H and O–H groups in total. The predicted octanol–water partition coefficient (Wildman–Crippen LogP) is 21.7. The fourth-order valence-corrected chi connectivity index (χ4v) is 9.40. The van der Waals surface area contributed by atoms with Gasteiger partial charge in [-0.15, -0.1) is 0 Å². The van der Waals surface area contributed by atoms with Crippen molar-refractivity contribution in [3.8, 4) is 0 Å². The Balaban J connectivity index is 4.21. The summed E-state index contributed by atoms with van der Waals surface area (Å²) >= 11 is 0. The first-order chi connectivity index (χ1) is 34.6. The molecule has 412 valence electrons. The van der Waals surface area contributed by atoms with Crippen molar-refractivity contribution in [3.63, 3.8) is 0 Å². The molecule has 70 heavy (non-hydrogen) atoms. The molecule has 0 radical (unpaired) electrons. The Labute approximate surface area is 438 Å². The number of carbonyl (C=O) groups is 2. The van der Waals surface area contributed by atoms with Gasteiger partial charge in [0.15, 0.2) is 0 Å². The number of rotatable bonds is 59. The standard InChI is InChI=1S/C65H122O5/c1-4-7-10-13-16-19-22-25-28-31-32-33-34-36-38-41-44-47-50-53-56-59-65(67)70-62-63(68-60-57-54-51-48-45-42-39-30-27-24-21-18-15-12-9-6-3)61-69-64(66)58-55-52-49-46-43-40-37-35-29-26-23-20-17-14-11-8-5-2/h17,20,25-26,28-29,63H,4-16,18-19,21-24,27,30-62H2,1-3H3/b20-17-,28-25-,29-26-/t63-/m1/s1. The van der Waals surface area contributed by atoms with E-state index in [0.29, 0.717) is 19.4 Å². The van der Waals surface area contributed by atoms with Crippen molar-refractivity contribution in [2.45, 2.75) is 348 Å². The van der Waals surface area contributed by atoms with Crippen molar-refractivity contribution in [1.82, 2.24) is 0 Å². The molecule has 0 rings (SSSR count). The lowest BCUT2D eigenvalue weighted by Gasteiger charge is -2.18. The molecule has 0 unspecified atom stereocenters. The zero-order valence-electron chi connectivity index (χ0n) is 47.6. The molecule has 5 heteroatoms. The van der Waals surface area contributed by atoms with Gasteiger partial charge in [-0.1, -0.05) is 288 Å². The normalized spacial score (nSPS) is 12.3. The maximum Gasteiger partial charge on any atom is 0.305 e.